The minimum atomic E-state index is -0.0480. The van der Waals surface area contributed by atoms with E-state index in [9.17, 15) is 9.90 Å². The zero-order chi connectivity index (χ0) is 23.6. The van der Waals surface area contributed by atoms with Crippen molar-refractivity contribution in [1.29, 1.82) is 0 Å². The second-order valence-electron chi connectivity index (χ2n) is 8.95. The Balaban J connectivity index is 1.51. The summed E-state index contributed by atoms with van der Waals surface area (Å²) in [5, 5.41) is 17.9. The molecule has 5 nitrogen and oxygen atoms in total. The molecule has 0 unspecified atom stereocenters. The predicted octanol–water partition coefficient (Wildman–Crippen LogP) is 8.39. The highest BCUT2D eigenvalue weighted by Gasteiger charge is 2.03. The van der Waals surface area contributed by atoms with Gasteiger partial charge in [0.05, 0.1) is 16.9 Å². The minimum absolute atomic E-state index is 0.0480. The number of aryl methyl sites for hydroxylation is 1. The molecule has 0 atom stereocenters. The van der Waals surface area contributed by atoms with E-state index in [1.807, 2.05) is 24.5 Å². The first-order valence-corrected chi connectivity index (χ1v) is 12.9. The number of aldehydes is 1. The lowest BCUT2D eigenvalue weighted by Crippen LogP contribution is -2.32. The van der Waals surface area contributed by atoms with E-state index in [4.69, 9.17) is 0 Å². The number of phenols is 1. The van der Waals surface area contributed by atoms with Crippen LogP contribution in [-0.2, 0) is 6.54 Å². The van der Waals surface area contributed by atoms with Crippen LogP contribution in [-0.4, -0.2) is 11.4 Å². The van der Waals surface area contributed by atoms with E-state index < -0.39 is 0 Å². The standard InChI is InChI=1S/C28H41N3O2/c1-2-3-4-5-6-7-8-9-10-11-12-13-14-15-20-31-21-18-26(19-22-31)29-30-27-16-17-28(33)25(23-27)24-32/h16-19,21-24H,2-15,20H2,1H3/p+1. The fourth-order valence-corrected chi connectivity index (χ4v) is 3.97. The largest absolute Gasteiger partial charge is 0.507 e. The van der Waals surface area contributed by atoms with Gasteiger partial charge in [0.2, 0.25) is 0 Å². The second-order valence-corrected chi connectivity index (χ2v) is 8.95. The van der Waals surface area contributed by atoms with Gasteiger partial charge in [-0.3, -0.25) is 4.79 Å². The van der Waals surface area contributed by atoms with Crippen molar-refractivity contribution in [2.75, 3.05) is 0 Å². The van der Waals surface area contributed by atoms with Gasteiger partial charge in [-0.2, -0.15) is 10.2 Å². The molecule has 180 valence electrons. The van der Waals surface area contributed by atoms with Crippen molar-refractivity contribution in [3.05, 3.63) is 48.3 Å². The average Bonchev–Trinajstić information content (AvgIpc) is 2.84. The van der Waals surface area contributed by atoms with E-state index in [1.54, 1.807) is 6.07 Å². The topological polar surface area (TPSA) is 65.9 Å². The molecule has 2 rings (SSSR count). The van der Waals surface area contributed by atoms with Gasteiger partial charge >= 0.3 is 0 Å². The van der Waals surface area contributed by atoms with Gasteiger partial charge in [-0.05, 0) is 24.6 Å². The van der Waals surface area contributed by atoms with Crippen molar-refractivity contribution in [3.8, 4) is 5.75 Å². The molecule has 1 aromatic carbocycles. The molecule has 0 aliphatic rings. The maximum absolute atomic E-state index is 10.9. The summed E-state index contributed by atoms with van der Waals surface area (Å²) in [5.41, 5.74) is 1.51. The smallest absolute Gasteiger partial charge is 0.171 e. The summed E-state index contributed by atoms with van der Waals surface area (Å²) in [6.07, 6.45) is 23.9. The van der Waals surface area contributed by atoms with E-state index in [0.29, 0.717) is 12.0 Å². The summed E-state index contributed by atoms with van der Waals surface area (Å²) >= 11 is 0. The van der Waals surface area contributed by atoms with Gasteiger partial charge in [0.25, 0.3) is 0 Å². The summed E-state index contributed by atoms with van der Waals surface area (Å²) in [6, 6.07) is 8.48. The van der Waals surface area contributed by atoms with Crippen molar-refractivity contribution in [2.45, 2.75) is 103 Å². The highest BCUT2D eigenvalue weighted by molar-refractivity contribution is 5.80. The van der Waals surface area contributed by atoms with Crippen LogP contribution in [0.3, 0.4) is 0 Å². The number of phenolic OH excluding ortho intramolecular Hbond substituents is 1. The number of carbonyl (C=O) groups is 1. The van der Waals surface area contributed by atoms with Crippen LogP contribution in [0.15, 0.2) is 53.0 Å². The molecular weight excluding hydrogens is 410 g/mol. The molecular formula is C28H42N3O2+. The molecule has 5 heteroatoms. The molecule has 0 radical (unpaired) electrons. The number of benzene rings is 1. The Hall–Kier alpha value is -2.56. The van der Waals surface area contributed by atoms with E-state index in [2.05, 4.69) is 21.7 Å². The van der Waals surface area contributed by atoms with Crippen LogP contribution in [0, 0.1) is 0 Å². The lowest BCUT2D eigenvalue weighted by atomic mass is 10.0. The quantitative estimate of drug-likeness (QED) is 0.107. The van der Waals surface area contributed by atoms with Gasteiger partial charge in [0.15, 0.2) is 18.7 Å². The zero-order valence-electron chi connectivity index (χ0n) is 20.4. The number of rotatable bonds is 18. The summed E-state index contributed by atoms with van der Waals surface area (Å²) in [7, 11) is 0. The Labute approximate surface area is 200 Å². The van der Waals surface area contributed by atoms with Gasteiger partial charge in [0, 0.05) is 18.6 Å². The first kappa shape index (κ1) is 26.7. The van der Waals surface area contributed by atoms with Crippen LogP contribution in [0.5, 0.6) is 5.75 Å². The van der Waals surface area contributed by atoms with Crippen LogP contribution in [0.1, 0.15) is 107 Å². The van der Waals surface area contributed by atoms with Crippen molar-refractivity contribution in [1.82, 2.24) is 0 Å². The fourth-order valence-electron chi connectivity index (χ4n) is 3.97. The normalized spacial score (nSPS) is 11.3. The number of hydrogen-bond acceptors (Lipinski definition) is 4. The number of pyridine rings is 1. The maximum Gasteiger partial charge on any atom is 0.171 e. The number of unbranched alkanes of at least 4 members (excludes halogenated alkanes) is 13. The van der Waals surface area contributed by atoms with E-state index in [1.165, 1.54) is 102 Å². The number of azo groups is 1. The third-order valence-electron chi connectivity index (χ3n) is 6.06. The molecule has 0 fully saturated rings. The molecule has 0 spiro atoms. The zero-order valence-corrected chi connectivity index (χ0v) is 20.4. The van der Waals surface area contributed by atoms with Gasteiger partial charge < -0.3 is 5.11 Å². The van der Waals surface area contributed by atoms with Gasteiger partial charge in [-0.1, -0.05) is 84.0 Å². The monoisotopic (exact) mass is 452 g/mol. The van der Waals surface area contributed by atoms with Gasteiger partial charge in [-0.15, -0.1) is 0 Å². The van der Waals surface area contributed by atoms with Crippen LogP contribution in [0.2, 0.25) is 0 Å². The number of nitrogens with zero attached hydrogens (tertiary/aromatic N) is 3. The second kappa shape index (κ2) is 17.0. The van der Waals surface area contributed by atoms with Crippen molar-refractivity contribution >= 4 is 17.7 Å². The van der Waals surface area contributed by atoms with Crippen LogP contribution < -0.4 is 4.57 Å². The Bertz CT molecular complexity index is 818. The highest BCUT2D eigenvalue weighted by atomic mass is 16.3. The van der Waals surface area contributed by atoms with Crippen LogP contribution in [0.4, 0.5) is 11.4 Å². The van der Waals surface area contributed by atoms with Crippen LogP contribution in [0.25, 0.3) is 0 Å². The first-order chi connectivity index (χ1) is 16.2. The average molecular weight is 453 g/mol. The molecule has 0 amide bonds. The molecule has 0 aliphatic heterocycles. The van der Waals surface area contributed by atoms with Crippen molar-refractivity contribution in [2.24, 2.45) is 10.2 Å². The minimum Gasteiger partial charge on any atom is -0.507 e. The molecule has 33 heavy (non-hydrogen) atoms. The number of hydrogen-bond donors (Lipinski definition) is 1. The Morgan fingerprint density at radius 2 is 1.24 bits per heavy atom. The Morgan fingerprint density at radius 1 is 0.727 bits per heavy atom. The number of aromatic nitrogens is 1. The molecule has 0 saturated carbocycles. The van der Waals surface area contributed by atoms with Gasteiger partial charge in [0.1, 0.15) is 12.3 Å². The summed E-state index contributed by atoms with van der Waals surface area (Å²) in [6.45, 7) is 3.30. The van der Waals surface area contributed by atoms with E-state index >= 15 is 0 Å². The summed E-state index contributed by atoms with van der Waals surface area (Å²) in [5.74, 6) is -0.0480. The van der Waals surface area contributed by atoms with E-state index in [-0.39, 0.29) is 11.3 Å². The predicted molar refractivity (Wildman–Crippen MR) is 135 cm³/mol. The molecule has 0 saturated heterocycles. The number of aromatic hydroxyl groups is 1. The molecule has 2 aromatic rings. The third-order valence-corrected chi connectivity index (χ3v) is 6.06. The molecule has 1 aromatic heterocycles. The maximum atomic E-state index is 10.9. The van der Waals surface area contributed by atoms with Crippen molar-refractivity contribution < 1.29 is 14.5 Å². The molecule has 1 heterocycles. The highest BCUT2D eigenvalue weighted by Crippen LogP contribution is 2.23. The SMILES string of the molecule is CCCCCCCCCCCCCCCC[n+]1ccc(N=Nc2ccc(O)c(C=O)c2)cc1. The van der Waals surface area contributed by atoms with Gasteiger partial charge in [-0.25, -0.2) is 4.57 Å². The molecule has 0 bridgehead atoms. The third kappa shape index (κ3) is 11.7. The van der Waals surface area contributed by atoms with E-state index in [0.717, 1.165) is 12.2 Å². The summed E-state index contributed by atoms with van der Waals surface area (Å²) in [4.78, 5) is 10.9. The fraction of sp³-hybridized carbons (Fsp3) is 0.571. The Morgan fingerprint density at radius 3 is 1.79 bits per heavy atom. The lowest BCUT2D eigenvalue weighted by Gasteiger charge is -2.03. The first-order valence-electron chi connectivity index (χ1n) is 12.9. The molecule has 0 aliphatic carbocycles. The number of carbonyl (C=O) groups excluding carboxylic acids is 1. The van der Waals surface area contributed by atoms with Crippen molar-refractivity contribution in [3.63, 3.8) is 0 Å². The lowest BCUT2D eigenvalue weighted by molar-refractivity contribution is -0.697. The summed E-state index contributed by atoms with van der Waals surface area (Å²) < 4.78 is 2.19. The molecule has 1 N–H and O–H groups in total. The van der Waals surface area contributed by atoms with Crippen LogP contribution >= 0.6 is 0 Å². The Kier molecular flexibility index (Phi) is 13.7.